The van der Waals surface area contributed by atoms with Crippen molar-refractivity contribution in [3.8, 4) is 0 Å². The SMILES string of the molecule is NCCCCN1CCN(CC(=O)NCC2CC2)CC1. The first-order valence-electron chi connectivity index (χ1n) is 7.69. The lowest BCUT2D eigenvalue weighted by Crippen LogP contribution is -2.49. The van der Waals surface area contributed by atoms with E-state index in [1.54, 1.807) is 0 Å². The summed E-state index contributed by atoms with van der Waals surface area (Å²) in [5.41, 5.74) is 5.50. The maximum Gasteiger partial charge on any atom is 0.234 e. The van der Waals surface area contributed by atoms with Crippen LogP contribution in [0.5, 0.6) is 0 Å². The maximum atomic E-state index is 11.8. The highest BCUT2D eigenvalue weighted by Gasteiger charge is 2.23. The number of hydrogen-bond donors (Lipinski definition) is 2. The first-order chi connectivity index (χ1) is 9.28. The van der Waals surface area contributed by atoms with Crippen LogP contribution in [0.1, 0.15) is 25.7 Å². The van der Waals surface area contributed by atoms with Gasteiger partial charge in [0.15, 0.2) is 0 Å². The van der Waals surface area contributed by atoms with E-state index in [0.717, 1.165) is 58.2 Å². The Kier molecular flexibility index (Phi) is 6.07. The fourth-order valence-corrected chi connectivity index (χ4v) is 2.49. The molecule has 2 fully saturated rings. The van der Waals surface area contributed by atoms with Gasteiger partial charge in [0.25, 0.3) is 0 Å². The first kappa shape index (κ1) is 14.8. The molecule has 2 rings (SSSR count). The number of rotatable bonds is 8. The molecule has 1 heterocycles. The smallest absolute Gasteiger partial charge is 0.234 e. The molecule has 0 aromatic heterocycles. The normalized spacial score (nSPS) is 21.5. The lowest BCUT2D eigenvalue weighted by Gasteiger charge is -2.34. The summed E-state index contributed by atoms with van der Waals surface area (Å²) < 4.78 is 0. The molecule has 0 spiro atoms. The summed E-state index contributed by atoms with van der Waals surface area (Å²) in [4.78, 5) is 16.5. The van der Waals surface area contributed by atoms with E-state index in [4.69, 9.17) is 5.73 Å². The number of piperazine rings is 1. The molecule has 0 radical (unpaired) electrons. The van der Waals surface area contributed by atoms with E-state index in [9.17, 15) is 4.79 Å². The van der Waals surface area contributed by atoms with Crippen molar-refractivity contribution >= 4 is 5.91 Å². The molecule has 0 bridgehead atoms. The van der Waals surface area contributed by atoms with Gasteiger partial charge < -0.3 is 16.0 Å². The second-order valence-corrected chi connectivity index (χ2v) is 5.86. The monoisotopic (exact) mass is 268 g/mol. The number of nitrogens with zero attached hydrogens (tertiary/aromatic N) is 2. The zero-order chi connectivity index (χ0) is 13.5. The molecule has 0 atom stereocenters. The summed E-state index contributed by atoms with van der Waals surface area (Å²) in [5.74, 6) is 0.965. The number of nitrogens with one attached hydrogen (secondary N) is 1. The van der Waals surface area contributed by atoms with Crippen LogP contribution < -0.4 is 11.1 Å². The van der Waals surface area contributed by atoms with Gasteiger partial charge in [-0.05, 0) is 44.7 Å². The predicted octanol–water partition coefficient (Wildman–Crippen LogP) is -0.131. The average Bonchev–Trinajstić information content (AvgIpc) is 3.23. The second kappa shape index (κ2) is 7.82. The molecule has 1 saturated carbocycles. The van der Waals surface area contributed by atoms with Gasteiger partial charge in [0.2, 0.25) is 5.91 Å². The summed E-state index contributed by atoms with van der Waals surface area (Å²) in [6, 6.07) is 0. The van der Waals surface area contributed by atoms with Gasteiger partial charge in [-0.25, -0.2) is 0 Å². The molecule has 5 nitrogen and oxygen atoms in total. The van der Waals surface area contributed by atoms with Crippen LogP contribution in [0.3, 0.4) is 0 Å². The Morgan fingerprint density at radius 3 is 2.42 bits per heavy atom. The number of carbonyl (C=O) groups is 1. The summed E-state index contributed by atoms with van der Waals surface area (Å²) in [6.45, 7) is 7.60. The standard InChI is InChI=1S/C14H28N4O/c15-5-1-2-6-17-7-9-18(10-8-17)12-14(19)16-11-13-3-4-13/h13H,1-12,15H2,(H,16,19). The fraction of sp³-hybridized carbons (Fsp3) is 0.929. The van der Waals surface area contributed by atoms with Crippen LogP contribution in [0.25, 0.3) is 0 Å². The van der Waals surface area contributed by atoms with Gasteiger partial charge in [0, 0.05) is 32.7 Å². The highest BCUT2D eigenvalue weighted by molar-refractivity contribution is 5.78. The topological polar surface area (TPSA) is 61.6 Å². The molecule has 110 valence electrons. The van der Waals surface area contributed by atoms with Gasteiger partial charge in [0.1, 0.15) is 0 Å². The van der Waals surface area contributed by atoms with Crippen LogP contribution in [0.15, 0.2) is 0 Å². The molecule has 0 aromatic rings. The average molecular weight is 268 g/mol. The summed E-state index contributed by atoms with van der Waals surface area (Å²) in [5, 5.41) is 3.04. The van der Waals surface area contributed by atoms with Gasteiger partial charge in [-0.2, -0.15) is 0 Å². The molecule has 19 heavy (non-hydrogen) atoms. The van der Waals surface area contributed by atoms with E-state index in [1.807, 2.05) is 0 Å². The van der Waals surface area contributed by atoms with E-state index < -0.39 is 0 Å². The Morgan fingerprint density at radius 2 is 1.79 bits per heavy atom. The van der Waals surface area contributed by atoms with Crippen molar-refractivity contribution in [2.24, 2.45) is 11.7 Å². The van der Waals surface area contributed by atoms with Crippen LogP contribution in [-0.2, 0) is 4.79 Å². The summed E-state index contributed by atoms with van der Waals surface area (Å²) >= 11 is 0. The Hall–Kier alpha value is -0.650. The molecule has 2 aliphatic rings. The minimum Gasteiger partial charge on any atom is -0.355 e. The molecular formula is C14H28N4O. The van der Waals surface area contributed by atoms with Gasteiger partial charge >= 0.3 is 0 Å². The second-order valence-electron chi connectivity index (χ2n) is 5.86. The summed E-state index contributed by atoms with van der Waals surface area (Å²) in [6.07, 6.45) is 4.89. The van der Waals surface area contributed by atoms with E-state index >= 15 is 0 Å². The number of nitrogens with two attached hydrogens (primary N) is 1. The van der Waals surface area contributed by atoms with Gasteiger partial charge in [-0.1, -0.05) is 0 Å². The van der Waals surface area contributed by atoms with Crippen molar-refractivity contribution in [1.29, 1.82) is 0 Å². The zero-order valence-corrected chi connectivity index (χ0v) is 11.9. The number of amides is 1. The Balaban J connectivity index is 1.53. The van der Waals surface area contributed by atoms with Gasteiger partial charge in [0.05, 0.1) is 6.54 Å². The molecule has 3 N–H and O–H groups in total. The molecule has 0 unspecified atom stereocenters. The Bertz CT molecular complexity index is 273. The zero-order valence-electron chi connectivity index (χ0n) is 11.9. The van der Waals surface area contributed by atoms with Crippen molar-refractivity contribution in [3.05, 3.63) is 0 Å². The Morgan fingerprint density at radius 1 is 1.11 bits per heavy atom. The number of unbranched alkanes of at least 4 members (excludes halogenated alkanes) is 1. The van der Waals surface area contributed by atoms with E-state index in [1.165, 1.54) is 19.3 Å². The molecule has 1 aliphatic heterocycles. The first-order valence-corrected chi connectivity index (χ1v) is 7.69. The highest BCUT2D eigenvalue weighted by Crippen LogP contribution is 2.27. The lowest BCUT2D eigenvalue weighted by atomic mass is 10.2. The largest absolute Gasteiger partial charge is 0.355 e. The minimum atomic E-state index is 0.198. The molecular weight excluding hydrogens is 240 g/mol. The van der Waals surface area contributed by atoms with Crippen LogP contribution in [0.2, 0.25) is 0 Å². The molecule has 1 aliphatic carbocycles. The maximum absolute atomic E-state index is 11.8. The molecule has 5 heteroatoms. The van der Waals surface area contributed by atoms with E-state index in [0.29, 0.717) is 6.54 Å². The van der Waals surface area contributed by atoms with Crippen molar-refractivity contribution in [1.82, 2.24) is 15.1 Å². The third kappa shape index (κ3) is 5.89. The third-order valence-corrected chi connectivity index (χ3v) is 4.05. The lowest BCUT2D eigenvalue weighted by molar-refractivity contribution is -0.122. The molecule has 1 amide bonds. The van der Waals surface area contributed by atoms with Gasteiger partial charge in [-0.15, -0.1) is 0 Å². The minimum absolute atomic E-state index is 0.198. The Labute approximate surface area is 116 Å². The molecule has 0 aromatic carbocycles. The number of carbonyl (C=O) groups excluding carboxylic acids is 1. The predicted molar refractivity (Wildman–Crippen MR) is 76.9 cm³/mol. The quantitative estimate of drug-likeness (QED) is 0.602. The van der Waals surface area contributed by atoms with Crippen LogP contribution in [-0.4, -0.2) is 68.1 Å². The third-order valence-electron chi connectivity index (χ3n) is 4.05. The van der Waals surface area contributed by atoms with E-state index in [-0.39, 0.29) is 5.91 Å². The van der Waals surface area contributed by atoms with Crippen LogP contribution in [0, 0.1) is 5.92 Å². The van der Waals surface area contributed by atoms with Crippen LogP contribution >= 0.6 is 0 Å². The van der Waals surface area contributed by atoms with E-state index in [2.05, 4.69) is 15.1 Å². The number of hydrogen-bond acceptors (Lipinski definition) is 4. The highest BCUT2D eigenvalue weighted by atomic mass is 16.2. The molecule has 1 saturated heterocycles. The van der Waals surface area contributed by atoms with Crippen molar-refractivity contribution in [2.75, 3.05) is 52.4 Å². The van der Waals surface area contributed by atoms with Gasteiger partial charge in [-0.3, -0.25) is 9.69 Å². The summed E-state index contributed by atoms with van der Waals surface area (Å²) in [7, 11) is 0. The van der Waals surface area contributed by atoms with Crippen LogP contribution in [0.4, 0.5) is 0 Å². The fourth-order valence-electron chi connectivity index (χ4n) is 2.49. The van der Waals surface area contributed by atoms with Crippen molar-refractivity contribution in [2.45, 2.75) is 25.7 Å². The van der Waals surface area contributed by atoms with Crippen molar-refractivity contribution < 1.29 is 4.79 Å². The van der Waals surface area contributed by atoms with Crippen molar-refractivity contribution in [3.63, 3.8) is 0 Å².